The van der Waals surface area contributed by atoms with E-state index < -0.39 is 10.0 Å². The highest BCUT2D eigenvalue weighted by Gasteiger charge is 2.19. The number of hydrogen-bond donors (Lipinski definition) is 2. The first-order valence-electron chi connectivity index (χ1n) is 7.94. The van der Waals surface area contributed by atoms with Crippen LogP contribution >= 0.6 is 12.4 Å². The van der Waals surface area contributed by atoms with Gasteiger partial charge >= 0.3 is 0 Å². The van der Waals surface area contributed by atoms with Crippen molar-refractivity contribution < 1.29 is 17.9 Å². The van der Waals surface area contributed by atoms with Crippen LogP contribution in [0.4, 0.5) is 5.69 Å². The number of nitrogens with two attached hydrogens (primary N) is 1. The van der Waals surface area contributed by atoms with Crippen molar-refractivity contribution in [3.63, 3.8) is 0 Å². The van der Waals surface area contributed by atoms with Gasteiger partial charge in [0, 0.05) is 28.6 Å². The van der Waals surface area contributed by atoms with Crippen LogP contribution in [0.5, 0.6) is 11.5 Å². The summed E-state index contributed by atoms with van der Waals surface area (Å²) >= 11 is 0. The molecule has 3 aromatic carbocycles. The van der Waals surface area contributed by atoms with Crippen LogP contribution in [0.25, 0.3) is 10.8 Å². The normalized spacial score (nSPS) is 11.0. The van der Waals surface area contributed by atoms with Gasteiger partial charge in [-0.2, -0.15) is 0 Å². The molecule has 3 rings (SSSR count). The van der Waals surface area contributed by atoms with Crippen molar-refractivity contribution in [2.24, 2.45) is 0 Å². The molecule has 0 amide bonds. The molecule has 0 fully saturated rings. The van der Waals surface area contributed by atoms with E-state index in [0.717, 1.165) is 0 Å². The van der Waals surface area contributed by atoms with Gasteiger partial charge in [0.1, 0.15) is 0 Å². The fraction of sp³-hybridized carbons (Fsp3) is 0.158. The number of nitrogen functional groups attached to an aromatic ring is 1. The smallest absolute Gasteiger partial charge is 0.241 e. The van der Waals surface area contributed by atoms with Crippen LogP contribution in [0, 0.1) is 0 Å². The Bertz CT molecular complexity index is 1050. The second-order valence-electron chi connectivity index (χ2n) is 5.68. The molecule has 0 saturated heterocycles. The first kappa shape index (κ1) is 20.8. The first-order valence-corrected chi connectivity index (χ1v) is 9.43. The van der Waals surface area contributed by atoms with E-state index in [2.05, 4.69) is 4.72 Å². The summed E-state index contributed by atoms with van der Waals surface area (Å²) in [7, 11) is -0.697. The predicted octanol–water partition coefficient (Wildman–Crippen LogP) is 3.34. The van der Waals surface area contributed by atoms with Crippen LogP contribution in [-0.2, 0) is 16.6 Å². The quantitative estimate of drug-likeness (QED) is 0.610. The largest absolute Gasteiger partial charge is 0.493 e. The predicted molar refractivity (Wildman–Crippen MR) is 109 cm³/mol. The number of benzene rings is 3. The lowest BCUT2D eigenvalue weighted by atomic mass is 10.1. The van der Waals surface area contributed by atoms with Gasteiger partial charge in [-0.15, -0.1) is 12.4 Å². The Morgan fingerprint density at radius 1 is 0.926 bits per heavy atom. The molecular weight excluding hydrogens is 388 g/mol. The van der Waals surface area contributed by atoms with Gasteiger partial charge in [0.05, 0.1) is 19.1 Å². The zero-order valence-corrected chi connectivity index (χ0v) is 16.6. The van der Waals surface area contributed by atoms with Gasteiger partial charge in [0.2, 0.25) is 10.0 Å². The van der Waals surface area contributed by atoms with Gasteiger partial charge in [0.15, 0.2) is 11.5 Å². The van der Waals surface area contributed by atoms with Crippen LogP contribution < -0.4 is 19.9 Å². The van der Waals surface area contributed by atoms with Gasteiger partial charge in [-0.1, -0.05) is 36.4 Å². The SMILES string of the molecule is COc1cccc(CNS(=O)(=O)c2cccc3c(N)cccc23)c1OC.Cl. The van der Waals surface area contributed by atoms with Crippen molar-refractivity contribution in [3.8, 4) is 11.5 Å². The number of hydrogen-bond acceptors (Lipinski definition) is 5. The minimum absolute atomic E-state index is 0. The van der Waals surface area contributed by atoms with Crippen LogP contribution in [0.15, 0.2) is 59.5 Å². The molecule has 0 atom stereocenters. The fourth-order valence-electron chi connectivity index (χ4n) is 2.88. The zero-order chi connectivity index (χ0) is 18.7. The second kappa shape index (κ2) is 8.47. The number of para-hydroxylation sites is 1. The molecule has 6 nitrogen and oxygen atoms in total. The van der Waals surface area contributed by atoms with Crippen molar-refractivity contribution in [2.75, 3.05) is 20.0 Å². The van der Waals surface area contributed by atoms with E-state index in [9.17, 15) is 8.42 Å². The van der Waals surface area contributed by atoms with Gasteiger partial charge < -0.3 is 15.2 Å². The number of ether oxygens (including phenoxy) is 2. The van der Waals surface area contributed by atoms with Gasteiger partial charge in [-0.3, -0.25) is 0 Å². The number of sulfonamides is 1. The molecule has 0 bridgehead atoms. The lowest BCUT2D eigenvalue weighted by Gasteiger charge is -2.14. The third-order valence-electron chi connectivity index (χ3n) is 4.14. The summed E-state index contributed by atoms with van der Waals surface area (Å²) in [5.74, 6) is 1.04. The van der Waals surface area contributed by atoms with E-state index in [-0.39, 0.29) is 23.8 Å². The molecular formula is C19H21ClN2O4S. The Kier molecular flexibility index (Phi) is 6.54. The second-order valence-corrected chi connectivity index (χ2v) is 7.41. The van der Waals surface area contributed by atoms with Crippen LogP contribution in [0.2, 0.25) is 0 Å². The Morgan fingerprint density at radius 3 is 2.30 bits per heavy atom. The van der Waals surface area contributed by atoms with Gasteiger partial charge in [-0.25, -0.2) is 13.1 Å². The summed E-state index contributed by atoms with van der Waals surface area (Å²) in [5, 5.41) is 1.28. The zero-order valence-electron chi connectivity index (χ0n) is 14.9. The molecule has 0 heterocycles. The Morgan fingerprint density at radius 2 is 1.59 bits per heavy atom. The number of fused-ring (bicyclic) bond motifs is 1. The van der Waals surface area contributed by atoms with Gasteiger partial charge in [-0.05, 0) is 18.2 Å². The molecule has 8 heteroatoms. The van der Waals surface area contributed by atoms with Crippen molar-refractivity contribution in [3.05, 3.63) is 60.2 Å². The minimum atomic E-state index is -3.75. The molecule has 144 valence electrons. The average molecular weight is 409 g/mol. The molecule has 0 aliphatic carbocycles. The van der Waals surface area contributed by atoms with Crippen molar-refractivity contribution in [2.45, 2.75) is 11.4 Å². The number of anilines is 1. The lowest BCUT2D eigenvalue weighted by molar-refractivity contribution is 0.351. The van der Waals surface area contributed by atoms with Crippen LogP contribution in [0.3, 0.4) is 0 Å². The maximum Gasteiger partial charge on any atom is 0.241 e. The third kappa shape index (κ3) is 4.10. The van der Waals surface area contributed by atoms with Crippen LogP contribution in [0.1, 0.15) is 5.56 Å². The molecule has 0 saturated carbocycles. The molecule has 0 aliphatic heterocycles. The molecule has 0 unspecified atom stereocenters. The fourth-order valence-corrected chi connectivity index (χ4v) is 4.11. The summed E-state index contributed by atoms with van der Waals surface area (Å²) in [4.78, 5) is 0.184. The number of nitrogens with one attached hydrogen (secondary N) is 1. The van der Waals surface area contributed by atoms with E-state index >= 15 is 0 Å². The number of methoxy groups -OCH3 is 2. The lowest BCUT2D eigenvalue weighted by Crippen LogP contribution is -2.23. The Labute approximate surface area is 164 Å². The topological polar surface area (TPSA) is 90.7 Å². The molecule has 27 heavy (non-hydrogen) atoms. The molecule has 0 spiro atoms. The van der Waals surface area contributed by atoms with Crippen LogP contribution in [-0.4, -0.2) is 22.6 Å². The highest BCUT2D eigenvalue weighted by Crippen LogP contribution is 2.31. The highest BCUT2D eigenvalue weighted by atomic mass is 35.5. The maximum absolute atomic E-state index is 12.9. The Balaban J connectivity index is 0.00000261. The minimum Gasteiger partial charge on any atom is -0.493 e. The van der Waals surface area contributed by atoms with E-state index in [1.165, 1.54) is 14.2 Å². The summed E-state index contributed by atoms with van der Waals surface area (Å²) in [5.41, 5.74) is 7.17. The third-order valence-corrected chi connectivity index (χ3v) is 5.60. The molecule has 0 radical (unpaired) electrons. The average Bonchev–Trinajstić information content (AvgIpc) is 2.65. The van der Waals surface area contributed by atoms with E-state index in [1.807, 2.05) is 0 Å². The maximum atomic E-state index is 12.9. The number of halogens is 1. The van der Waals surface area contributed by atoms with Gasteiger partial charge in [0.25, 0.3) is 0 Å². The monoisotopic (exact) mass is 408 g/mol. The van der Waals surface area contributed by atoms with Crippen molar-refractivity contribution in [1.82, 2.24) is 4.72 Å². The van der Waals surface area contributed by atoms with E-state index in [0.29, 0.717) is 33.5 Å². The standard InChI is InChI=1S/C19H20N2O4S.ClH/c1-24-17-10-3-6-13(19(17)25-2)12-21-26(22,23)18-11-5-7-14-15(18)8-4-9-16(14)20;/h3-11,21H,12,20H2,1-2H3;1H. The molecule has 0 aromatic heterocycles. The van der Waals surface area contributed by atoms with E-state index in [1.54, 1.807) is 54.6 Å². The molecule has 3 aromatic rings. The highest BCUT2D eigenvalue weighted by molar-refractivity contribution is 7.89. The summed E-state index contributed by atoms with van der Waals surface area (Å²) in [6.07, 6.45) is 0. The summed E-state index contributed by atoms with van der Waals surface area (Å²) < 4.78 is 38.9. The molecule has 0 aliphatic rings. The van der Waals surface area contributed by atoms with Crippen molar-refractivity contribution >= 4 is 38.9 Å². The summed E-state index contributed by atoms with van der Waals surface area (Å²) in [6, 6.07) is 15.6. The Hall–Kier alpha value is -2.48. The first-order chi connectivity index (χ1) is 12.5. The molecule has 3 N–H and O–H groups in total. The number of rotatable bonds is 6. The summed E-state index contributed by atoms with van der Waals surface area (Å²) in [6.45, 7) is 0.0708. The van der Waals surface area contributed by atoms with Crippen molar-refractivity contribution in [1.29, 1.82) is 0 Å². The van der Waals surface area contributed by atoms with E-state index in [4.69, 9.17) is 15.2 Å².